The number of methoxy groups -OCH3 is 1. The van der Waals surface area contributed by atoms with Crippen molar-refractivity contribution in [3.05, 3.63) is 46.1 Å². The number of nitrogens with zero attached hydrogens (tertiary/aromatic N) is 5. The van der Waals surface area contributed by atoms with E-state index in [1.54, 1.807) is 6.07 Å². The molecule has 3 aromatic heterocycles. The zero-order chi connectivity index (χ0) is 27.1. The largest absolute Gasteiger partial charge is 0.417 e. The first-order valence-corrected chi connectivity index (χ1v) is 11.1. The van der Waals surface area contributed by atoms with Crippen LogP contribution in [0.25, 0.3) is 11.2 Å². The Hall–Kier alpha value is -3.75. The summed E-state index contributed by atoms with van der Waals surface area (Å²) in [6.07, 6.45) is -2.99. The van der Waals surface area contributed by atoms with Crippen molar-refractivity contribution in [2.24, 2.45) is 7.05 Å². The molecule has 1 aliphatic heterocycles. The van der Waals surface area contributed by atoms with Gasteiger partial charge in [0, 0.05) is 39.6 Å². The fourth-order valence-corrected chi connectivity index (χ4v) is 4.23. The van der Waals surface area contributed by atoms with Crippen LogP contribution >= 0.6 is 0 Å². The highest BCUT2D eigenvalue weighted by molar-refractivity contribution is 5.89. The monoisotopic (exact) mass is 529 g/mol. The molecule has 4 rings (SSSR count). The van der Waals surface area contributed by atoms with E-state index >= 15 is 8.78 Å². The lowest BCUT2D eigenvalue weighted by molar-refractivity contribution is -0.138. The fourth-order valence-electron chi connectivity index (χ4n) is 4.23. The number of carbonyl (C=O) groups is 1. The number of pyridine rings is 1. The number of urea groups is 1. The minimum atomic E-state index is -4.77. The molecule has 0 unspecified atom stereocenters. The van der Waals surface area contributed by atoms with Crippen molar-refractivity contribution in [1.29, 1.82) is 0 Å². The third kappa shape index (κ3) is 5.35. The molecule has 0 aromatic carbocycles. The van der Waals surface area contributed by atoms with Crippen LogP contribution in [0.5, 0.6) is 0 Å². The molecule has 2 N–H and O–H groups in total. The molecule has 37 heavy (non-hydrogen) atoms. The Kier molecular flexibility index (Phi) is 6.83. The molecule has 3 aromatic rings. The van der Waals surface area contributed by atoms with Crippen LogP contribution in [0.4, 0.5) is 38.3 Å². The number of aromatic nitrogens is 4. The third-order valence-electron chi connectivity index (χ3n) is 6.10. The average molecular weight is 529 g/mol. The molecule has 0 aliphatic carbocycles. The van der Waals surface area contributed by atoms with E-state index in [-0.39, 0.29) is 18.8 Å². The Morgan fingerprint density at radius 3 is 2.73 bits per heavy atom. The first-order valence-electron chi connectivity index (χ1n) is 11.1. The minimum Gasteiger partial charge on any atom is -0.378 e. The Morgan fingerprint density at radius 1 is 1.35 bits per heavy atom. The summed E-state index contributed by atoms with van der Waals surface area (Å²) in [5.74, 6) is -3.17. The van der Waals surface area contributed by atoms with Gasteiger partial charge >= 0.3 is 12.2 Å². The maximum absolute atomic E-state index is 15.2. The van der Waals surface area contributed by atoms with Crippen molar-refractivity contribution < 1.29 is 31.5 Å². The number of alkyl halides is 5. The highest BCUT2D eigenvalue weighted by Crippen LogP contribution is 2.34. The van der Waals surface area contributed by atoms with E-state index in [2.05, 4.69) is 15.0 Å². The van der Waals surface area contributed by atoms with E-state index in [1.165, 1.54) is 18.2 Å². The molecule has 1 atom stereocenters. The van der Waals surface area contributed by atoms with E-state index in [0.29, 0.717) is 39.5 Å². The van der Waals surface area contributed by atoms with Crippen LogP contribution in [0.1, 0.15) is 17.7 Å². The Bertz CT molecular complexity index is 1370. The Balaban J connectivity index is 1.49. The van der Waals surface area contributed by atoms with Gasteiger partial charge in [-0.15, -0.1) is 0 Å². The van der Waals surface area contributed by atoms with E-state index in [9.17, 15) is 22.8 Å². The van der Waals surface area contributed by atoms with Gasteiger partial charge in [0.1, 0.15) is 23.1 Å². The normalized spacial score (nSPS) is 17.7. The second-order valence-corrected chi connectivity index (χ2v) is 8.77. The highest BCUT2D eigenvalue weighted by atomic mass is 19.4. The summed E-state index contributed by atoms with van der Waals surface area (Å²) in [5.41, 5.74) is -1.06. The number of carbonyl (C=O) groups excluding carboxylic acids is 1. The Labute approximate surface area is 207 Å². The zero-order valence-corrected chi connectivity index (χ0v) is 20.1. The fraction of sp³-hybridized carbons (Fsp3) is 0.455. The number of rotatable bonds is 5. The second kappa shape index (κ2) is 9.61. The Morgan fingerprint density at radius 2 is 2.08 bits per heavy atom. The molecule has 0 radical (unpaired) electrons. The van der Waals surface area contributed by atoms with E-state index < -0.39 is 47.5 Å². The first-order chi connectivity index (χ1) is 17.3. The third-order valence-corrected chi connectivity index (χ3v) is 6.10. The van der Waals surface area contributed by atoms with Crippen LogP contribution in [0.2, 0.25) is 0 Å². The van der Waals surface area contributed by atoms with Crippen molar-refractivity contribution in [3.8, 4) is 0 Å². The lowest BCUT2D eigenvalue weighted by Crippen LogP contribution is -2.59. The molecule has 4 heterocycles. The number of hydrogen-bond donors (Lipinski definition) is 2. The van der Waals surface area contributed by atoms with Crippen LogP contribution in [0, 0.1) is 0 Å². The maximum Gasteiger partial charge on any atom is 0.417 e. The van der Waals surface area contributed by atoms with Gasteiger partial charge < -0.3 is 29.4 Å². The number of hydrogen-bond acceptors (Lipinski definition) is 6. The van der Waals surface area contributed by atoms with Gasteiger partial charge in [0.05, 0.1) is 24.9 Å². The van der Waals surface area contributed by atoms with Crippen molar-refractivity contribution in [1.82, 2.24) is 24.4 Å². The minimum absolute atomic E-state index is 0.110. The molecule has 15 heteroatoms. The van der Waals surface area contributed by atoms with Crippen LogP contribution in [0.15, 0.2) is 29.3 Å². The topological polar surface area (TPSA) is 108 Å². The standard InChI is InChI=1S/C22H24F5N7O3/c1-32-9-12(22(25,26)27)6-15(19(32)35)31-20(36)33(2)16-4-5-34(11-21(16,23)24)17-8-28-18-14(30-17)7-13(29-18)10-37-3/h6-9,16H,4-5,10-11H2,1-3H3,(H,28,29)(H,31,36)/t16-/m1/s1. The summed E-state index contributed by atoms with van der Waals surface area (Å²) < 4.78 is 75.4. The number of nitrogens with one attached hydrogen (secondary N) is 2. The number of aryl methyl sites for hydroxylation is 1. The molecule has 200 valence electrons. The van der Waals surface area contributed by atoms with E-state index in [4.69, 9.17) is 4.74 Å². The molecule has 1 aliphatic rings. The van der Waals surface area contributed by atoms with Crippen LogP contribution in [-0.4, -0.2) is 69.7 Å². The van der Waals surface area contributed by atoms with Crippen LogP contribution in [-0.2, 0) is 24.6 Å². The van der Waals surface area contributed by atoms with Crippen molar-refractivity contribution in [2.45, 2.75) is 31.2 Å². The summed E-state index contributed by atoms with van der Waals surface area (Å²) in [5, 5.41) is 2.04. The molecule has 0 saturated carbocycles. The molecule has 0 spiro atoms. The van der Waals surface area contributed by atoms with Gasteiger partial charge in [-0.3, -0.25) is 4.79 Å². The van der Waals surface area contributed by atoms with Gasteiger partial charge in [-0.05, 0) is 18.6 Å². The summed E-state index contributed by atoms with van der Waals surface area (Å²) in [4.78, 5) is 38.6. The van der Waals surface area contributed by atoms with Gasteiger partial charge in [-0.25, -0.2) is 23.5 Å². The average Bonchev–Trinajstić information content (AvgIpc) is 3.22. The molecule has 10 nitrogen and oxygen atoms in total. The molecular formula is C22H24F5N7O3. The maximum atomic E-state index is 15.2. The van der Waals surface area contributed by atoms with Crippen molar-refractivity contribution in [3.63, 3.8) is 0 Å². The van der Waals surface area contributed by atoms with Crippen LogP contribution in [0.3, 0.4) is 0 Å². The number of piperidine rings is 1. The number of anilines is 2. The van der Waals surface area contributed by atoms with Gasteiger partial charge in [-0.1, -0.05) is 0 Å². The summed E-state index contributed by atoms with van der Waals surface area (Å²) in [6.45, 7) is -0.354. The number of aromatic amines is 1. The second-order valence-electron chi connectivity index (χ2n) is 8.77. The first kappa shape index (κ1) is 26.3. The SMILES string of the molecule is COCc1cc2nc(N3CC[C@@H](N(C)C(=O)Nc4cc(C(F)(F)F)cn(C)c4=O)C(F)(F)C3)cnc2[nH]1. The van der Waals surface area contributed by atoms with Gasteiger partial charge in [0.15, 0.2) is 5.65 Å². The predicted octanol–water partition coefficient (Wildman–Crippen LogP) is 3.20. The molecule has 1 saturated heterocycles. The summed E-state index contributed by atoms with van der Waals surface area (Å²) in [6, 6.07) is -0.525. The predicted molar refractivity (Wildman–Crippen MR) is 124 cm³/mol. The number of H-pyrrole nitrogens is 1. The van der Waals surface area contributed by atoms with Crippen molar-refractivity contribution in [2.75, 3.05) is 37.5 Å². The van der Waals surface area contributed by atoms with Gasteiger partial charge in [0.2, 0.25) is 0 Å². The van der Waals surface area contributed by atoms with Gasteiger partial charge in [-0.2, -0.15) is 13.2 Å². The smallest absolute Gasteiger partial charge is 0.378 e. The summed E-state index contributed by atoms with van der Waals surface area (Å²) in [7, 11) is 3.72. The lowest BCUT2D eigenvalue weighted by atomic mass is 9.99. The van der Waals surface area contributed by atoms with E-state index in [1.807, 2.05) is 5.32 Å². The number of fused-ring (bicyclic) bond motifs is 1. The van der Waals surface area contributed by atoms with Crippen molar-refractivity contribution >= 4 is 28.7 Å². The zero-order valence-electron chi connectivity index (χ0n) is 20.1. The molecular weight excluding hydrogens is 505 g/mol. The summed E-state index contributed by atoms with van der Waals surface area (Å²) >= 11 is 0. The van der Waals surface area contributed by atoms with E-state index in [0.717, 1.165) is 19.8 Å². The van der Waals surface area contributed by atoms with Crippen LogP contribution < -0.4 is 15.8 Å². The number of amides is 2. The molecule has 0 bridgehead atoms. The molecule has 2 amide bonds. The lowest BCUT2D eigenvalue weighted by Gasteiger charge is -2.42. The quantitative estimate of drug-likeness (QED) is 0.492. The number of halogens is 5. The van der Waals surface area contributed by atoms with Gasteiger partial charge in [0.25, 0.3) is 11.5 Å². The molecule has 1 fully saturated rings. The number of ether oxygens (including phenoxy) is 1. The highest BCUT2D eigenvalue weighted by Gasteiger charge is 2.48.